The SMILES string of the molecule is CN=C(NCc1ccccc1CN1CCOCC1)NC1CCN(c2cccc(Cl)c2)C1. The van der Waals surface area contributed by atoms with E-state index in [0.29, 0.717) is 6.04 Å². The molecule has 2 heterocycles. The van der Waals surface area contributed by atoms with Gasteiger partial charge in [0.2, 0.25) is 0 Å². The number of nitrogens with zero attached hydrogens (tertiary/aromatic N) is 3. The Hall–Kier alpha value is -2.28. The van der Waals surface area contributed by atoms with Crippen molar-refractivity contribution in [2.45, 2.75) is 25.6 Å². The monoisotopic (exact) mass is 441 g/mol. The molecule has 7 heteroatoms. The summed E-state index contributed by atoms with van der Waals surface area (Å²) in [4.78, 5) is 9.28. The Morgan fingerprint density at radius 3 is 2.68 bits per heavy atom. The highest BCUT2D eigenvalue weighted by atomic mass is 35.5. The first-order valence-electron chi connectivity index (χ1n) is 11.1. The minimum absolute atomic E-state index is 0.355. The number of nitrogens with one attached hydrogen (secondary N) is 2. The zero-order valence-electron chi connectivity index (χ0n) is 18.2. The molecule has 0 radical (unpaired) electrons. The van der Waals surface area contributed by atoms with Crippen molar-refractivity contribution >= 4 is 23.2 Å². The summed E-state index contributed by atoms with van der Waals surface area (Å²) in [6, 6.07) is 17.1. The molecule has 0 aromatic heterocycles. The Bertz CT molecular complexity index is 884. The summed E-state index contributed by atoms with van der Waals surface area (Å²) in [7, 11) is 1.83. The van der Waals surface area contributed by atoms with E-state index < -0.39 is 0 Å². The van der Waals surface area contributed by atoms with Crippen molar-refractivity contribution in [3.8, 4) is 0 Å². The number of benzene rings is 2. The summed E-state index contributed by atoms with van der Waals surface area (Å²) < 4.78 is 5.48. The molecule has 0 amide bonds. The molecule has 2 saturated heterocycles. The van der Waals surface area contributed by atoms with Gasteiger partial charge in [-0.3, -0.25) is 9.89 Å². The van der Waals surface area contributed by atoms with Crippen LogP contribution in [0, 0.1) is 0 Å². The summed E-state index contributed by atoms with van der Waals surface area (Å²) in [6.45, 7) is 7.31. The number of ether oxygens (including phenoxy) is 1. The Kier molecular flexibility index (Phi) is 7.67. The molecule has 2 aromatic rings. The van der Waals surface area contributed by atoms with Gasteiger partial charge in [0.15, 0.2) is 5.96 Å². The van der Waals surface area contributed by atoms with Crippen molar-refractivity contribution in [3.05, 3.63) is 64.7 Å². The molecule has 6 nitrogen and oxygen atoms in total. The van der Waals surface area contributed by atoms with Gasteiger partial charge in [0.05, 0.1) is 13.2 Å². The largest absolute Gasteiger partial charge is 0.379 e. The van der Waals surface area contributed by atoms with Crippen LogP contribution in [0.2, 0.25) is 5.02 Å². The summed E-state index contributed by atoms with van der Waals surface area (Å²) in [5.74, 6) is 0.846. The highest BCUT2D eigenvalue weighted by molar-refractivity contribution is 6.30. The zero-order chi connectivity index (χ0) is 21.5. The Labute approximate surface area is 190 Å². The van der Waals surface area contributed by atoms with Crippen LogP contribution in [-0.2, 0) is 17.8 Å². The smallest absolute Gasteiger partial charge is 0.191 e. The van der Waals surface area contributed by atoms with Crippen LogP contribution in [0.25, 0.3) is 0 Å². The van der Waals surface area contributed by atoms with Gasteiger partial charge in [-0.15, -0.1) is 0 Å². The maximum Gasteiger partial charge on any atom is 0.191 e. The molecule has 2 N–H and O–H groups in total. The van der Waals surface area contributed by atoms with E-state index in [0.717, 1.165) is 69.9 Å². The molecule has 0 spiro atoms. The van der Waals surface area contributed by atoms with E-state index in [1.165, 1.54) is 16.8 Å². The van der Waals surface area contributed by atoms with E-state index >= 15 is 0 Å². The van der Waals surface area contributed by atoms with Crippen molar-refractivity contribution in [3.63, 3.8) is 0 Å². The number of guanidine groups is 1. The molecule has 0 aliphatic carbocycles. The number of hydrogen-bond donors (Lipinski definition) is 2. The molecule has 31 heavy (non-hydrogen) atoms. The minimum Gasteiger partial charge on any atom is -0.379 e. The Morgan fingerprint density at radius 1 is 1.10 bits per heavy atom. The van der Waals surface area contributed by atoms with Crippen LogP contribution in [0.4, 0.5) is 5.69 Å². The van der Waals surface area contributed by atoms with Gasteiger partial charge in [-0.05, 0) is 35.7 Å². The normalized spacial score (nSPS) is 20.1. The van der Waals surface area contributed by atoms with E-state index in [4.69, 9.17) is 16.3 Å². The summed E-state index contributed by atoms with van der Waals surface area (Å²) in [5, 5.41) is 7.88. The third kappa shape index (κ3) is 6.12. The average Bonchev–Trinajstić information content (AvgIpc) is 3.27. The van der Waals surface area contributed by atoms with Crippen LogP contribution in [0.5, 0.6) is 0 Å². The third-order valence-corrected chi connectivity index (χ3v) is 6.22. The molecule has 2 aromatic carbocycles. The fraction of sp³-hybridized carbons (Fsp3) is 0.458. The highest BCUT2D eigenvalue weighted by Gasteiger charge is 2.23. The van der Waals surface area contributed by atoms with Crippen molar-refractivity contribution in [1.29, 1.82) is 0 Å². The van der Waals surface area contributed by atoms with Crippen LogP contribution < -0.4 is 15.5 Å². The van der Waals surface area contributed by atoms with Crippen LogP contribution in [0.15, 0.2) is 53.5 Å². The number of anilines is 1. The lowest BCUT2D eigenvalue weighted by atomic mass is 10.1. The third-order valence-electron chi connectivity index (χ3n) is 5.99. The van der Waals surface area contributed by atoms with Gasteiger partial charge in [-0.2, -0.15) is 0 Å². The predicted octanol–water partition coefficient (Wildman–Crippen LogP) is 3.12. The van der Waals surface area contributed by atoms with E-state index in [-0.39, 0.29) is 0 Å². The van der Waals surface area contributed by atoms with Gasteiger partial charge in [0.25, 0.3) is 0 Å². The van der Waals surface area contributed by atoms with Crippen LogP contribution in [0.1, 0.15) is 17.5 Å². The summed E-state index contributed by atoms with van der Waals surface area (Å²) in [6.07, 6.45) is 1.07. The lowest BCUT2D eigenvalue weighted by Gasteiger charge is -2.27. The van der Waals surface area contributed by atoms with E-state index in [1.54, 1.807) is 0 Å². The number of aliphatic imine (C=N–C) groups is 1. The predicted molar refractivity (Wildman–Crippen MR) is 128 cm³/mol. The highest BCUT2D eigenvalue weighted by Crippen LogP contribution is 2.23. The van der Waals surface area contributed by atoms with Crippen molar-refractivity contribution in [2.75, 3.05) is 51.3 Å². The number of morpholine rings is 1. The van der Waals surface area contributed by atoms with E-state index in [2.05, 4.69) is 55.8 Å². The molecule has 1 unspecified atom stereocenters. The van der Waals surface area contributed by atoms with Crippen LogP contribution >= 0.6 is 11.6 Å². The van der Waals surface area contributed by atoms with E-state index in [1.807, 2.05) is 25.2 Å². The molecule has 2 fully saturated rings. The zero-order valence-corrected chi connectivity index (χ0v) is 18.9. The molecule has 166 valence electrons. The first-order chi connectivity index (χ1) is 15.2. The van der Waals surface area contributed by atoms with Crippen molar-refractivity contribution in [2.24, 2.45) is 4.99 Å². The van der Waals surface area contributed by atoms with Gasteiger partial charge < -0.3 is 20.3 Å². The Morgan fingerprint density at radius 2 is 1.90 bits per heavy atom. The first kappa shape index (κ1) is 21.9. The fourth-order valence-corrected chi connectivity index (χ4v) is 4.42. The van der Waals surface area contributed by atoms with Crippen molar-refractivity contribution < 1.29 is 4.74 Å². The minimum atomic E-state index is 0.355. The van der Waals surface area contributed by atoms with Crippen molar-refractivity contribution in [1.82, 2.24) is 15.5 Å². The van der Waals surface area contributed by atoms with Gasteiger partial charge in [-0.1, -0.05) is 41.9 Å². The molecule has 2 aliphatic rings. The number of hydrogen-bond acceptors (Lipinski definition) is 4. The lowest BCUT2D eigenvalue weighted by Crippen LogP contribution is -2.44. The fourth-order valence-electron chi connectivity index (χ4n) is 4.24. The lowest BCUT2D eigenvalue weighted by molar-refractivity contribution is 0.0341. The quantitative estimate of drug-likeness (QED) is 0.533. The maximum atomic E-state index is 6.16. The molecule has 4 rings (SSSR count). The van der Waals surface area contributed by atoms with Gasteiger partial charge >= 0.3 is 0 Å². The van der Waals surface area contributed by atoms with Crippen LogP contribution in [-0.4, -0.2) is 63.3 Å². The molecular weight excluding hydrogens is 410 g/mol. The summed E-state index contributed by atoms with van der Waals surface area (Å²) in [5.41, 5.74) is 3.85. The van der Waals surface area contributed by atoms with Gasteiger partial charge in [0, 0.05) is 63.1 Å². The Balaban J connectivity index is 1.30. The molecular formula is C24H32ClN5O. The second kappa shape index (κ2) is 10.8. The second-order valence-corrected chi connectivity index (χ2v) is 8.58. The first-order valence-corrected chi connectivity index (χ1v) is 11.4. The topological polar surface area (TPSA) is 52.1 Å². The maximum absolute atomic E-state index is 6.16. The second-order valence-electron chi connectivity index (χ2n) is 8.14. The molecule has 1 atom stereocenters. The number of halogens is 1. The van der Waals surface area contributed by atoms with Gasteiger partial charge in [-0.25, -0.2) is 0 Å². The molecule has 0 bridgehead atoms. The molecule has 2 aliphatic heterocycles. The van der Waals surface area contributed by atoms with E-state index in [9.17, 15) is 0 Å². The molecule has 0 saturated carbocycles. The summed E-state index contributed by atoms with van der Waals surface area (Å²) >= 11 is 6.16. The average molecular weight is 442 g/mol. The number of rotatable bonds is 6. The van der Waals surface area contributed by atoms with Gasteiger partial charge in [0.1, 0.15) is 0 Å². The van der Waals surface area contributed by atoms with Crippen LogP contribution in [0.3, 0.4) is 0 Å². The standard InChI is InChI=1S/C24H32ClN5O/c1-26-24(28-22-9-10-30(18-22)23-8-4-7-21(25)15-23)27-16-19-5-2-3-6-20(19)17-29-11-13-31-14-12-29/h2-8,15,22H,9-14,16-18H2,1H3,(H2,26,27,28).